The Balaban J connectivity index is 2.31. The first-order chi connectivity index (χ1) is 8.78. The predicted molar refractivity (Wildman–Crippen MR) is 67.1 cm³/mol. The lowest BCUT2D eigenvalue weighted by Gasteiger charge is -2.07. The molecule has 0 aliphatic rings. The highest BCUT2D eigenvalue weighted by atomic mass is 35.5. The van der Waals surface area contributed by atoms with Crippen LogP contribution in [0.3, 0.4) is 0 Å². The van der Waals surface area contributed by atoms with Crippen molar-refractivity contribution in [3.63, 3.8) is 0 Å². The van der Waals surface area contributed by atoms with E-state index in [0.717, 1.165) is 5.56 Å². The van der Waals surface area contributed by atoms with E-state index in [1.807, 2.05) is 6.07 Å². The fraction of sp³-hybridized carbons (Fsp3) is 0.364. The number of benzene rings is 1. The largest absolute Gasteiger partial charge is 0.493 e. The van der Waals surface area contributed by atoms with Crippen LogP contribution in [0.4, 0.5) is 0 Å². The number of nitrogens with zero attached hydrogens (tertiary/aromatic N) is 4. The number of hydrogen-bond acceptors (Lipinski definition) is 5. The average Bonchev–Trinajstić information content (AvgIpc) is 2.87. The first-order valence-corrected chi connectivity index (χ1v) is 5.88. The number of ether oxygens (including phenoxy) is 2. The number of alkyl halides is 1. The van der Waals surface area contributed by atoms with Crippen molar-refractivity contribution in [3.05, 3.63) is 18.2 Å². The minimum Gasteiger partial charge on any atom is -0.493 e. The van der Waals surface area contributed by atoms with Crippen LogP contribution in [0, 0.1) is 0 Å². The van der Waals surface area contributed by atoms with Gasteiger partial charge in [-0.15, -0.1) is 21.8 Å². The van der Waals surface area contributed by atoms with Gasteiger partial charge in [-0.05, 0) is 23.4 Å². The van der Waals surface area contributed by atoms with E-state index in [-0.39, 0.29) is 0 Å². The molecule has 0 spiro atoms. The van der Waals surface area contributed by atoms with E-state index in [1.54, 1.807) is 26.4 Å². The number of hydrogen-bond donors (Lipinski definition) is 0. The van der Waals surface area contributed by atoms with Crippen LogP contribution < -0.4 is 9.47 Å². The third-order valence-corrected chi connectivity index (χ3v) is 2.55. The van der Waals surface area contributed by atoms with Crippen molar-refractivity contribution in [3.8, 4) is 22.9 Å². The second kappa shape index (κ2) is 5.68. The fourth-order valence-corrected chi connectivity index (χ4v) is 1.66. The van der Waals surface area contributed by atoms with Crippen LogP contribution in [0.15, 0.2) is 18.2 Å². The summed E-state index contributed by atoms with van der Waals surface area (Å²) in [6.07, 6.45) is 0. The standard InChI is InChI=1S/C11H13ClN4O2/c1-17-9-4-3-8(7-10(9)18-2)11-13-15-16(14-11)6-5-12/h3-4,7H,5-6H2,1-2H3. The lowest BCUT2D eigenvalue weighted by molar-refractivity contribution is 0.355. The van der Waals surface area contributed by atoms with Gasteiger partial charge in [0.05, 0.1) is 20.8 Å². The summed E-state index contributed by atoms with van der Waals surface area (Å²) in [6, 6.07) is 5.46. The first kappa shape index (κ1) is 12.6. The summed E-state index contributed by atoms with van der Waals surface area (Å²) in [5, 5.41) is 12.1. The Labute approximate surface area is 109 Å². The minimum atomic E-state index is 0.446. The second-order valence-corrected chi connectivity index (χ2v) is 3.85. The van der Waals surface area contributed by atoms with Gasteiger partial charge in [0.1, 0.15) is 0 Å². The van der Waals surface area contributed by atoms with Crippen molar-refractivity contribution in [2.45, 2.75) is 6.54 Å². The molecule has 6 nitrogen and oxygen atoms in total. The molecular weight excluding hydrogens is 256 g/mol. The molecule has 2 rings (SSSR count). The molecule has 0 fully saturated rings. The molecule has 1 aromatic heterocycles. The van der Waals surface area contributed by atoms with E-state index in [1.165, 1.54) is 4.80 Å². The van der Waals surface area contributed by atoms with Crippen molar-refractivity contribution in [1.29, 1.82) is 0 Å². The van der Waals surface area contributed by atoms with E-state index in [4.69, 9.17) is 21.1 Å². The molecule has 7 heteroatoms. The van der Waals surface area contributed by atoms with E-state index < -0.39 is 0 Å². The zero-order chi connectivity index (χ0) is 13.0. The van der Waals surface area contributed by atoms with E-state index in [9.17, 15) is 0 Å². The Morgan fingerprint density at radius 1 is 1.22 bits per heavy atom. The Kier molecular flexibility index (Phi) is 3.99. The summed E-state index contributed by atoms with van der Waals surface area (Å²) in [7, 11) is 3.17. The molecule has 2 aromatic rings. The van der Waals surface area contributed by atoms with Gasteiger partial charge in [-0.25, -0.2) is 0 Å². The maximum atomic E-state index is 5.61. The van der Waals surface area contributed by atoms with Crippen molar-refractivity contribution in [2.24, 2.45) is 0 Å². The quantitative estimate of drug-likeness (QED) is 0.771. The highest BCUT2D eigenvalue weighted by Gasteiger charge is 2.10. The fourth-order valence-electron chi connectivity index (χ4n) is 1.50. The number of aromatic nitrogens is 4. The van der Waals surface area contributed by atoms with Crippen LogP contribution in [0.2, 0.25) is 0 Å². The molecule has 0 radical (unpaired) electrons. The van der Waals surface area contributed by atoms with Crippen molar-refractivity contribution < 1.29 is 9.47 Å². The van der Waals surface area contributed by atoms with E-state index in [2.05, 4.69) is 15.4 Å². The van der Waals surface area contributed by atoms with Crippen molar-refractivity contribution in [2.75, 3.05) is 20.1 Å². The van der Waals surface area contributed by atoms with Gasteiger partial charge >= 0.3 is 0 Å². The third kappa shape index (κ3) is 2.53. The van der Waals surface area contributed by atoms with E-state index in [0.29, 0.717) is 29.7 Å². The first-order valence-electron chi connectivity index (χ1n) is 5.34. The molecule has 0 amide bonds. The Morgan fingerprint density at radius 3 is 2.67 bits per heavy atom. The lowest BCUT2D eigenvalue weighted by atomic mass is 10.2. The van der Waals surface area contributed by atoms with Gasteiger partial charge in [0.25, 0.3) is 0 Å². The summed E-state index contributed by atoms with van der Waals surface area (Å²) in [5.41, 5.74) is 0.813. The molecule has 96 valence electrons. The summed E-state index contributed by atoms with van der Waals surface area (Å²) in [5.74, 6) is 2.26. The highest BCUT2D eigenvalue weighted by molar-refractivity contribution is 6.17. The maximum Gasteiger partial charge on any atom is 0.205 e. The number of methoxy groups -OCH3 is 2. The lowest BCUT2D eigenvalue weighted by Crippen LogP contribution is -2.03. The average molecular weight is 269 g/mol. The van der Waals surface area contributed by atoms with Crippen molar-refractivity contribution in [1.82, 2.24) is 20.2 Å². The molecule has 0 unspecified atom stereocenters. The number of aryl methyl sites for hydroxylation is 1. The second-order valence-electron chi connectivity index (χ2n) is 3.47. The highest BCUT2D eigenvalue weighted by Crippen LogP contribution is 2.30. The minimum absolute atomic E-state index is 0.446. The molecule has 0 bridgehead atoms. The molecule has 0 N–H and O–H groups in total. The summed E-state index contributed by atoms with van der Waals surface area (Å²) >= 11 is 5.61. The predicted octanol–water partition coefficient (Wildman–Crippen LogP) is 1.60. The molecule has 0 aliphatic carbocycles. The van der Waals surface area contributed by atoms with Crippen LogP contribution in [-0.4, -0.2) is 40.3 Å². The SMILES string of the molecule is COc1ccc(-c2nnn(CCCl)n2)cc1OC. The Hall–Kier alpha value is -1.82. The van der Waals surface area contributed by atoms with Gasteiger partial charge < -0.3 is 9.47 Å². The van der Waals surface area contributed by atoms with Gasteiger partial charge in [-0.2, -0.15) is 4.80 Å². The maximum absolute atomic E-state index is 5.61. The van der Waals surface area contributed by atoms with Crippen LogP contribution >= 0.6 is 11.6 Å². The molecule has 18 heavy (non-hydrogen) atoms. The topological polar surface area (TPSA) is 62.1 Å². The smallest absolute Gasteiger partial charge is 0.205 e. The van der Waals surface area contributed by atoms with Gasteiger partial charge in [0.2, 0.25) is 5.82 Å². The number of halogens is 1. The molecule has 0 saturated heterocycles. The molecule has 0 saturated carbocycles. The molecular formula is C11H13ClN4O2. The van der Waals surface area contributed by atoms with Gasteiger partial charge in [-0.3, -0.25) is 0 Å². The van der Waals surface area contributed by atoms with Crippen molar-refractivity contribution >= 4 is 11.6 Å². The normalized spacial score (nSPS) is 10.4. The van der Waals surface area contributed by atoms with E-state index >= 15 is 0 Å². The Morgan fingerprint density at radius 2 is 2.00 bits per heavy atom. The van der Waals surface area contributed by atoms with Crippen LogP contribution in [0.25, 0.3) is 11.4 Å². The monoisotopic (exact) mass is 268 g/mol. The molecule has 0 aliphatic heterocycles. The molecule has 0 atom stereocenters. The number of rotatable bonds is 5. The number of tetrazole rings is 1. The summed E-state index contributed by atoms with van der Waals surface area (Å²) in [6.45, 7) is 0.530. The molecule has 1 heterocycles. The summed E-state index contributed by atoms with van der Waals surface area (Å²) < 4.78 is 10.4. The molecule has 1 aromatic carbocycles. The zero-order valence-corrected chi connectivity index (χ0v) is 10.9. The van der Waals surface area contributed by atoms with Gasteiger partial charge in [0, 0.05) is 11.4 Å². The Bertz CT molecular complexity index is 530. The third-order valence-electron chi connectivity index (χ3n) is 2.38. The summed E-state index contributed by atoms with van der Waals surface area (Å²) in [4.78, 5) is 1.46. The van der Waals surface area contributed by atoms with Gasteiger partial charge in [0.15, 0.2) is 11.5 Å². The van der Waals surface area contributed by atoms with Crippen LogP contribution in [0.5, 0.6) is 11.5 Å². The van der Waals surface area contributed by atoms with Crippen LogP contribution in [-0.2, 0) is 6.54 Å². The van der Waals surface area contributed by atoms with Gasteiger partial charge in [-0.1, -0.05) is 0 Å². The van der Waals surface area contributed by atoms with Crippen LogP contribution in [0.1, 0.15) is 0 Å². The zero-order valence-electron chi connectivity index (χ0n) is 10.1.